The van der Waals surface area contributed by atoms with Crippen molar-refractivity contribution < 1.29 is 4.79 Å². The van der Waals surface area contributed by atoms with E-state index in [1.54, 1.807) is 0 Å². The lowest BCUT2D eigenvalue weighted by Crippen LogP contribution is -2.51. The summed E-state index contributed by atoms with van der Waals surface area (Å²) >= 11 is 0. The van der Waals surface area contributed by atoms with E-state index in [0.29, 0.717) is 12.6 Å². The van der Waals surface area contributed by atoms with Crippen molar-refractivity contribution in [3.8, 4) is 0 Å². The SMILES string of the molecule is CC(c1ccccc1)N1CCN(C(=O)CN2CCc3c([nH]c4ccccc34)C2)CC1. The van der Waals surface area contributed by atoms with Gasteiger partial charge in [-0.2, -0.15) is 0 Å². The second-order valence-electron chi connectivity index (χ2n) is 8.59. The number of hydrogen-bond acceptors (Lipinski definition) is 3. The number of aromatic amines is 1. The van der Waals surface area contributed by atoms with Crippen molar-refractivity contribution >= 4 is 16.8 Å². The predicted molar refractivity (Wildman–Crippen MR) is 120 cm³/mol. The summed E-state index contributed by atoms with van der Waals surface area (Å²) in [5.74, 6) is 0.265. The summed E-state index contributed by atoms with van der Waals surface area (Å²) in [5.41, 5.74) is 5.26. The number of carbonyl (C=O) groups excluding carboxylic acids is 1. The average Bonchev–Trinajstić information content (AvgIpc) is 3.17. The van der Waals surface area contributed by atoms with E-state index in [2.05, 4.69) is 81.2 Å². The van der Waals surface area contributed by atoms with E-state index in [-0.39, 0.29) is 5.91 Å². The molecule has 3 aromatic rings. The van der Waals surface area contributed by atoms with E-state index in [9.17, 15) is 4.79 Å². The average molecular weight is 403 g/mol. The number of benzene rings is 2. The van der Waals surface area contributed by atoms with Crippen molar-refractivity contribution in [1.82, 2.24) is 19.7 Å². The Labute approximate surface area is 178 Å². The molecule has 156 valence electrons. The Balaban J connectivity index is 1.16. The van der Waals surface area contributed by atoms with Crippen LogP contribution in [0.15, 0.2) is 54.6 Å². The maximum Gasteiger partial charge on any atom is 0.236 e. The van der Waals surface area contributed by atoms with Gasteiger partial charge >= 0.3 is 0 Å². The highest BCUT2D eigenvalue weighted by atomic mass is 16.2. The minimum atomic E-state index is 0.265. The number of hydrogen-bond donors (Lipinski definition) is 1. The highest BCUT2D eigenvalue weighted by molar-refractivity contribution is 5.85. The van der Waals surface area contributed by atoms with E-state index in [1.165, 1.54) is 27.7 Å². The van der Waals surface area contributed by atoms with Crippen molar-refractivity contribution in [1.29, 1.82) is 0 Å². The molecule has 2 aliphatic rings. The number of H-pyrrole nitrogens is 1. The molecular formula is C25H30N4O. The Hall–Kier alpha value is -2.63. The molecule has 1 atom stereocenters. The lowest BCUT2D eigenvalue weighted by molar-refractivity contribution is -0.134. The Kier molecular flexibility index (Phi) is 5.32. The predicted octanol–water partition coefficient (Wildman–Crippen LogP) is 3.43. The van der Waals surface area contributed by atoms with Crippen LogP contribution in [-0.2, 0) is 17.8 Å². The summed E-state index contributed by atoms with van der Waals surface area (Å²) in [6.45, 7) is 8.08. The number of fused-ring (bicyclic) bond motifs is 3. The Morgan fingerprint density at radius 3 is 2.50 bits per heavy atom. The third-order valence-electron chi connectivity index (χ3n) is 6.82. The number of rotatable bonds is 4. The molecule has 1 amide bonds. The lowest BCUT2D eigenvalue weighted by atomic mass is 10.0. The molecule has 5 rings (SSSR count). The molecule has 1 fully saturated rings. The highest BCUT2D eigenvalue weighted by Crippen LogP contribution is 2.27. The van der Waals surface area contributed by atoms with Gasteiger partial charge in [0.05, 0.1) is 6.54 Å². The van der Waals surface area contributed by atoms with Crippen molar-refractivity contribution in [3.63, 3.8) is 0 Å². The maximum atomic E-state index is 13.0. The molecule has 0 spiro atoms. The summed E-state index contributed by atoms with van der Waals surface area (Å²) in [5, 5.41) is 1.34. The van der Waals surface area contributed by atoms with Crippen LogP contribution < -0.4 is 0 Å². The zero-order valence-electron chi connectivity index (χ0n) is 17.7. The van der Waals surface area contributed by atoms with Crippen LogP contribution in [0.5, 0.6) is 0 Å². The van der Waals surface area contributed by atoms with Gasteiger partial charge in [0, 0.05) is 61.9 Å². The molecule has 0 saturated carbocycles. The first-order valence-corrected chi connectivity index (χ1v) is 11.1. The summed E-state index contributed by atoms with van der Waals surface area (Å²) < 4.78 is 0. The van der Waals surface area contributed by atoms with E-state index in [4.69, 9.17) is 0 Å². The van der Waals surface area contributed by atoms with E-state index in [0.717, 1.165) is 45.7 Å². The largest absolute Gasteiger partial charge is 0.357 e. The number of carbonyl (C=O) groups is 1. The summed E-state index contributed by atoms with van der Waals surface area (Å²) in [7, 11) is 0. The van der Waals surface area contributed by atoms with Gasteiger partial charge in [0.2, 0.25) is 5.91 Å². The van der Waals surface area contributed by atoms with Gasteiger partial charge in [-0.05, 0) is 30.5 Å². The third kappa shape index (κ3) is 3.75. The quantitative estimate of drug-likeness (QED) is 0.727. The number of aromatic nitrogens is 1. The molecular weight excluding hydrogens is 372 g/mol. The van der Waals surface area contributed by atoms with Gasteiger partial charge in [-0.15, -0.1) is 0 Å². The van der Waals surface area contributed by atoms with Gasteiger partial charge in [-0.1, -0.05) is 48.5 Å². The molecule has 2 aliphatic heterocycles. The van der Waals surface area contributed by atoms with Crippen molar-refractivity contribution in [2.45, 2.75) is 25.9 Å². The van der Waals surface area contributed by atoms with Gasteiger partial charge in [0.15, 0.2) is 0 Å². The Morgan fingerprint density at radius 1 is 0.967 bits per heavy atom. The molecule has 0 aliphatic carbocycles. The van der Waals surface area contributed by atoms with Gasteiger partial charge < -0.3 is 9.88 Å². The molecule has 5 nitrogen and oxygen atoms in total. The van der Waals surface area contributed by atoms with E-state index >= 15 is 0 Å². The molecule has 1 N–H and O–H groups in total. The van der Waals surface area contributed by atoms with Crippen LogP contribution in [0.3, 0.4) is 0 Å². The van der Waals surface area contributed by atoms with Crippen LogP contribution in [0.2, 0.25) is 0 Å². The van der Waals surface area contributed by atoms with E-state index < -0.39 is 0 Å². The van der Waals surface area contributed by atoms with Crippen LogP contribution in [0.25, 0.3) is 10.9 Å². The van der Waals surface area contributed by atoms with E-state index in [1.807, 2.05) is 0 Å². The highest BCUT2D eigenvalue weighted by Gasteiger charge is 2.27. The van der Waals surface area contributed by atoms with Crippen LogP contribution in [-0.4, -0.2) is 64.9 Å². The zero-order valence-corrected chi connectivity index (χ0v) is 17.7. The van der Waals surface area contributed by atoms with Crippen molar-refractivity contribution in [3.05, 3.63) is 71.4 Å². The normalized spacial score (nSPS) is 19.0. The molecule has 1 saturated heterocycles. The van der Waals surface area contributed by atoms with Crippen LogP contribution >= 0.6 is 0 Å². The lowest BCUT2D eigenvalue weighted by Gasteiger charge is -2.39. The molecule has 2 aromatic carbocycles. The monoisotopic (exact) mass is 402 g/mol. The van der Waals surface area contributed by atoms with Gasteiger partial charge in [0.25, 0.3) is 0 Å². The number of piperazine rings is 1. The molecule has 3 heterocycles. The minimum absolute atomic E-state index is 0.265. The number of amides is 1. The fraction of sp³-hybridized carbons (Fsp3) is 0.400. The van der Waals surface area contributed by atoms with Crippen LogP contribution in [0, 0.1) is 0 Å². The maximum absolute atomic E-state index is 13.0. The van der Waals surface area contributed by atoms with Gasteiger partial charge in [0.1, 0.15) is 0 Å². The zero-order chi connectivity index (χ0) is 20.5. The third-order valence-corrected chi connectivity index (χ3v) is 6.82. The van der Waals surface area contributed by atoms with Gasteiger partial charge in [-0.3, -0.25) is 14.6 Å². The first kappa shape index (κ1) is 19.3. The Morgan fingerprint density at radius 2 is 1.70 bits per heavy atom. The molecule has 0 bridgehead atoms. The first-order chi connectivity index (χ1) is 14.7. The number of para-hydroxylation sites is 1. The topological polar surface area (TPSA) is 42.6 Å². The summed E-state index contributed by atoms with van der Waals surface area (Å²) in [4.78, 5) is 23.3. The van der Waals surface area contributed by atoms with Crippen LogP contribution in [0.1, 0.15) is 29.8 Å². The van der Waals surface area contributed by atoms with Gasteiger partial charge in [-0.25, -0.2) is 0 Å². The second kappa shape index (κ2) is 8.25. The molecule has 1 aromatic heterocycles. The Bertz CT molecular complexity index is 1020. The summed E-state index contributed by atoms with van der Waals surface area (Å²) in [6.07, 6.45) is 1.01. The standard InChI is InChI=1S/C25H30N4O/c1-19(20-7-3-2-4-8-20)28-13-15-29(16-14-28)25(30)18-27-12-11-22-21-9-5-6-10-23(21)26-24(22)17-27/h2-10,19,26H,11-18H2,1H3. The van der Waals surface area contributed by atoms with Crippen molar-refractivity contribution in [2.24, 2.45) is 0 Å². The van der Waals surface area contributed by atoms with Crippen molar-refractivity contribution in [2.75, 3.05) is 39.3 Å². The molecule has 1 unspecified atom stereocenters. The first-order valence-electron chi connectivity index (χ1n) is 11.1. The molecule has 5 heteroatoms. The minimum Gasteiger partial charge on any atom is -0.357 e. The fourth-order valence-electron chi connectivity index (χ4n) is 4.98. The summed E-state index contributed by atoms with van der Waals surface area (Å²) in [6, 6.07) is 19.5. The molecule has 0 radical (unpaired) electrons. The molecule has 30 heavy (non-hydrogen) atoms. The smallest absolute Gasteiger partial charge is 0.236 e. The fourth-order valence-corrected chi connectivity index (χ4v) is 4.98. The second-order valence-corrected chi connectivity index (χ2v) is 8.59. The number of nitrogens with zero attached hydrogens (tertiary/aromatic N) is 3. The number of nitrogens with one attached hydrogen (secondary N) is 1. The van der Waals surface area contributed by atoms with Crippen LogP contribution in [0.4, 0.5) is 0 Å².